The van der Waals surface area contributed by atoms with E-state index in [1.807, 2.05) is 79.9 Å². The average Bonchev–Trinajstić information content (AvgIpc) is 3.15. The summed E-state index contributed by atoms with van der Waals surface area (Å²) in [5.74, 6) is 0.320. The van der Waals surface area contributed by atoms with Crippen LogP contribution in [0.4, 0.5) is 5.13 Å². The van der Waals surface area contributed by atoms with Crippen LogP contribution in [0, 0.1) is 11.3 Å². The number of thiazole rings is 1. The van der Waals surface area contributed by atoms with Gasteiger partial charge in [-0.05, 0) is 49.8 Å². The van der Waals surface area contributed by atoms with Gasteiger partial charge in [-0.3, -0.25) is 10.1 Å². The van der Waals surface area contributed by atoms with E-state index in [1.165, 1.54) is 11.3 Å². The first-order valence-electron chi connectivity index (χ1n) is 8.76. The van der Waals surface area contributed by atoms with Crippen LogP contribution in [0.5, 0.6) is 5.75 Å². The standard InChI is InChI=1S/C22H19N3O2S/c1-15(2)27-19-10-8-17(9-11-19)20-14-28-22(24-20)25-21(26)18(13-23)12-16-6-4-3-5-7-16/h3-12,14-15H,1-2H3,(H,24,25,26)/b18-12+. The molecule has 6 heteroatoms. The number of nitrogens with one attached hydrogen (secondary N) is 1. The molecule has 1 amide bonds. The number of nitriles is 1. The largest absolute Gasteiger partial charge is 0.491 e. The van der Waals surface area contributed by atoms with Crippen LogP contribution in [0.3, 0.4) is 0 Å². The van der Waals surface area contributed by atoms with Gasteiger partial charge in [0, 0.05) is 10.9 Å². The molecule has 3 rings (SSSR count). The van der Waals surface area contributed by atoms with E-state index in [4.69, 9.17) is 4.74 Å². The van der Waals surface area contributed by atoms with Crippen molar-refractivity contribution >= 4 is 28.5 Å². The summed E-state index contributed by atoms with van der Waals surface area (Å²) in [6.07, 6.45) is 1.67. The lowest BCUT2D eigenvalue weighted by molar-refractivity contribution is -0.112. The van der Waals surface area contributed by atoms with E-state index < -0.39 is 5.91 Å². The Bertz CT molecular complexity index is 1020. The fourth-order valence-electron chi connectivity index (χ4n) is 2.47. The van der Waals surface area contributed by atoms with E-state index in [2.05, 4.69) is 10.3 Å². The molecule has 0 fully saturated rings. The molecule has 0 saturated carbocycles. The number of aromatic nitrogens is 1. The van der Waals surface area contributed by atoms with Gasteiger partial charge in [0.25, 0.3) is 5.91 Å². The second-order valence-corrected chi connectivity index (χ2v) is 7.12. The highest BCUT2D eigenvalue weighted by molar-refractivity contribution is 7.14. The summed E-state index contributed by atoms with van der Waals surface area (Å²) in [6, 6.07) is 18.8. The van der Waals surface area contributed by atoms with Gasteiger partial charge in [-0.15, -0.1) is 11.3 Å². The Hall–Kier alpha value is -3.43. The Labute approximate surface area is 167 Å². The number of anilines is 1. The molecular formula is C22H19N3O2S. The van der Waals surface area contributed by atoms with Crippen molar-refractivity contribution in [3.05, 3.63) is 71.1 Å². The van der Waals surface area contributed by atoms with Gasteiger partial charge in [0.2, 0.25) is 0 Å². The summed E-state index contributed by atoms with van der Waals surface area (Å²) in [7, 11) is 0. The van der Waals surface area contributed by atoms with E-state index in [1.54, 1.807) is 6.08 Å². The normalized spacial score (nSPS) is 11.1. The van der Waals surface area contributed by atoms with Crippen molar-refractivity contribution in [3.63, 3.8) is 0 Å². The molecule has 1 heterocycles. The van der Waals surface area contributed by atoms with Crippen LogP contribution in [0.1, 0.15) is 19.4 Å². The first-order chi connectivity index (χ1) is 13.5. The fraction of sp³-hybridized carbons (Fsp3) is 0.136. The van der Waals surface area contributed by atoms with E-state index >= 15 is 0 Å². The van der Waals surface area contributed by atoms with Crippen molar-refractivity contribution in [2.45, 2.75) is 20.0 Å². The molecule has 0 atom stereocenters. The Balaban J connectivity index is 1.71. The highest BCUT2D eigenvalue weighted by Gasteiger charge is 2.12. The minimum Gasteiger partial charge on any atom is -0.491 e. The molecular weight excluding hydrogens is 370 g/mol. The minimum atomic E-state index is -0.479. The zero-order valence-electron chi connectivity index (χ0n) is 15.5. The molecule has 28 heavy (non-hydrogen) atoms. The topological polar surface area (TPSA) is 75.0 Å². The average molecular weight is 389 g/mol. The van der Waals surface area contributed by atoms with E-state index in [9.17, 15) is 10.1 Å². The molecule has 0 bridgehead atoms. The van der Waals surface area contributed by atoms with Crippen molar-refractivity contribution in [1.82, 2.24) is 4.98 Å². The lowest BCUT2D eigenvalue weighted by atomic mass is 10.1. The number of rotatable bonds is 6. The highest BCUT2D eigenvalue weighted by Crippen LogP contribution is 2.27. The molecule has 3 aromatic rings. The molecule has 0 radical (unpaired) electrons. The fourth-order valence-corrected chi connectivity index (χ4v) is 3.18. The molecule has 0 unspecified atom stereocenters. The molecule has 0 aliphatic heterocycles. The summed E-state index contributed by atoms with van der Waals surface area (Å²) < 4.78 is 5.64. The monoisotopic (exact) mass is 389 g/mol. The SMILES string of the molecule is CC(C)Oc1ccc(-c2csc(NC(=O)/C(C#N)=C/c3ccccc3)n2)cc1. The van der Waals surface area contributed by atoms with Crippen molar-refractivity contribution in [3.8, 4) is 23.1 Å². The Morgan fingerprint density at radius 1 is 1.18 bits per heavy atom. The Morgan fingerprint density at radius 2 is 1.89 bits per heavy atom. The van der Waals surface area contributed by atoms with E-state index in [0.29, 0.717) is 5.13 Å². The van der Waals surface area contributed by atoms with E-state index in [0.717, 1.165) is 22.6 Å². The van der Waals surface area contributed by atoms with Gasteiger partial charge >= 0.3 is 0 Å². The third-order valence-corrected chi connectivity index (χ3v) is 4.48. The maximum absolute atomic E-state index is 12.4. The van der Waals surface area contributed by atoms with Crippen molar-refractivity contribution in [1.29, 1.82) is 5.26 Å². The first-order valence-corrected chi connectivity index (χ1v) is 9.64. The molecule has 1 aromatic heterocycles. The number of amides is 1. The van der Waals surface area contributed by atoms with Gasteiger partial charge < -0.3 is 4.74 Å². The molecule has 0 spiro atoms. The maximum Gasteiger partial charge on any atom is 0.268 e. The van der Waals surface area contributed by atoms with Gasteiger partial charge in [0.05, 0.1) is 11.8 Å². The van der Waals surface area contributed by atoms with Gasteiger partial charge in [0.1, 0.15) is 17.4 Å². The van der Waals surface area contributed by atoms with Crippen LogP contribution in [0.15, 0.2) is 65.6 Å². The summed E-state index contributed by atoms with van der Waals surface area (Å²) in [6.45, 7) is 3.95. The molecule has 1 N–H and O–H groups in total. The van der Waals surface area contributed by atoms with Crippen LogP contribution >= 0.6 is 11.3 Å². The number of ether oxygens (including phenoxy) is 1. The molecule has 0 aliphatic carbocycles. The van der Waals surface area contributed by atoms with Crippen LogP contribution in [-0.4, -0.2) is 17.0 Å². The lowest BCUT2D eigenvalue weighted by Gasteiger charge is -2.09. The molecule has 2 aromatic carbocycles. The second kappa shape index (κ2) is 8.98. The van der Waals surface area contributed by atoms with E-state index in [-0.39, 0.29) is 11.7 Å². The number of nitrogens with zero attached hydrogens (tertiary/aromatic N) is 2. The first kappa shape index (κ1) is 19.3. The smallest absolute Gasteiger partial charge is 0.268 e. The third-order valence-electron chi connectivity index (χ3n) is 3.72. The highest BCUT2D eigenvalue weighted by atomic mass is 32.1. The molecule has 140 valence electrons. The van der Waals surface area contributed by atoms with Crippen LogP contribution in [-0.2, 0) is 4.79 Å². The van der Waals surface area contributed by atoms with Crippen molar-refractivity contribution < 1.29 is 9.53 Å². The second-order valence-electron chi connectivity index (χ2n) is 6.26. The Kier molecular flexibility index (Phi) is 6.20. The Morgan fingerprint density at radius 3 is 2.54 bits per heavy atom. The van der Waals surface area contributed by atoms with Gasteiger partial charge in [-0.1, -0.05) is 30.3 Å². The van der Waals surface area contributed by atoms with Crippen LogP contribution in [0.2, 0.25) is 0 Å². The van der Waals surface area contributed by atoms with Crippen molar-refractivity contribution in [2.24, 2.45) is 0 Å². The molecule has 5 nitrogen and oxygen atoms in total. The predicted octanol–water partition coefficient (Wildman–Crippen LogP) is 5.14. The predicted molar refractivity (Wildman–Crippen MR) is 112 cm³/mol. The van der Waals surface area contributed by atoms with Gasteiger partial charge in [0.15, 0.2) is 5.13 Å². The van der Waals surface area contributed by atoms with Crippen LogP contribution < -0.4 is 10.1 Å². The van der Waals surface area contributed by atoms with Gasteiger partial charge in [-0.2, -0.15) is 5.26 Å². The molecule has 0 aliphatic rings. The summed E-state index contributed by atoms with van der Waals surface area (Å²) in [5.41, 5.74) is 2.49. The van der Waals surface area contributed by atoms with Gasteiger partial charge in [-0.25, -0.2) is 4.98 Å². The number of benzene rings is 2. The number of carbonyl (C=O) groups is 1. The van der Waals surface area contributed by atoms with Crippen molar-refractivity contribution in [2.75, 3.05) is 5.32 Å². The summed E-state index contributed by atoms with van der Waals surface area (Å²) in [4.78, 5) is 16.8. The summed E-state index contributed by atoms with van der Waals surface area (Å²) in [5, 5.41) is 14.3. The zero-order valence-corrected chi connectivity index (χ0v) is 16.4. The molecule has 0 saturated heterocycles. The summed E-state index contributed by atoms with van der Waals surface area (Å²) >= 11 is 1.31. The number of hydrogen-bond donors (Lipinski definition) is 1. The number of hydrogen-bond acceptors (Lipinski definition) is 5. The quantitative estimate of drug-likeness (QED) is 0.468. The van der Waals surface area contributed by atoms with Crippen LogP contribution in [0.25, 0.3) is 17.3 Å². The lowest BCUT2D eigenvalue weighted by Crippen LogP contribution is -2.13. The minimum absolute atomic E-state index is 0.0261. The zero-order chi connectivity index (χ0) is 19.9. The number of carbonyl (C=O) groups excluding carboxylic acids is 1. The third kappa shape index (κ3) is 5.06. The maximum atomic E-state index is 12.4.